The van der Waals surface area contributed by atoms with Crippen molar-refractivity contribution >= 4 is 11.6 Å². The van der Waals surface area contributed by atoms with Crippen molar-refractivity contribution in [1.29, 1.82) is 0 Å². The Balaban J connectivity index is 3.00. The van der Waals surface area contributed by atoms with Crippen molar-refractivity contribution in [3.63, 3.8) is 0 Å². The van der Waals surface area contributed by atoms with Gasteiger partial charge in [-0.1, -0.05) is 11.6 Å². The van der Waals surface area contributed by atoms with Gasteiger partial charge in [-0.3, -0.25) is 0 Å². The monoisotopic (exact) mass is 245 g/mol. The lowest BCUT2D eigenvalue weighted by Gasteiger charge is -2.19. The Morgan fingerprint density at radius 3 is 2.50 bits per heavy atom. The predicted octanol–water partition coefficient (Wildman–Crippen LogP) is 2.91. The smallest absolute Gasteiger partial charge is 0.130 e. The van der Waals surface area contributed by atoms with E-state index in [1.807, 2.05) is 13.8 Å². The zero-order valence-electron chi connectivity index (χ0n) is 9.81. The molecule has 0 spiro atoms. The topological polar surface area (TPSA) is 35.2 Å². The fourth-order valence-electron chi connectivity index (χ4n) is 1.57. The molecule has 2 N–H and O–H groups in total. The zero-order chi connectivity index (χ0) is 12.3. The van der Waals surface area contributed by atoms with Gasteiger partial charge in [-0.05, 0) is 38.0 Å². The molecule has 0 fully saturated rings. The minimum absolute atomic E-state index is 0.178. The normalized spacial score (nSPS) is 11.9. The molecule has 1 rings (SSSR count). The molecular formula is C12H17ClFNO. The molecule has 0 saturated carbocycles. The summed E-state index contributed by atoms with van der Waals surface area (Å²) in [5.41, 5.74) is 6.69. The Labute approximate surface area is 101 Å². The third-order valence-corrected chi connectivity index (χ3v) is 2.49. The van der Waals surface area contributed by atoms with Gasteiger partial charge in [0, 0.05) is 23.2 Å². The molecule has 16 heavy (non-hydrogen) atoms. The Morgan fingerprint density at radius 2 is 2.06 bits per heavy atom. The highest BCUT2D eigenvalue weighted by molar-refractivity contribution is 6.31. The van der Waals surface area contributed by atoms with Crippen LogP contribution in [0.25, 0.3) is 0 Å². The highest BCUT2D eigenvalue weighted by Crippen LogP contribution is 2.24. The van der Waals surface area contributed by atoms with Crippen molar-refractivity contribution in [3.05, 3.63) is 34.1 Å². The molecule has 4 heteroatoms. The molecule has 1 aromatic carbocycles. The van der Waals surface area contributed by atoms with E-state index in [-0.39, 0.29) is 18.0 Å². The molecule has 0 aliphatic rings. The van der Waals surface area contributed by atoms with Crippen molar-refractivity contribution < 1.29 is 9.13 Å². The number of rotatable bonds is 4. The maximum Gasteiger partial charge on any atom is 0.130 e. The summed E-state index contributed by atoms with van der Waals surface area (Å²) in [4.78, 5) is 0. The van der Waals surface area contributed by atoms with Gasteiger partial charge in [0.05, 0.1) is 6.61 Å². The quantitative estimate of drug-likeness (QED) is 0.885. The highest BCUT2D eigenvalue weighted by atomic mass is 35.5. The van der Waals surface area contributed by atoms with E-state index in [2.05, 4.69) is 0 Å². The van der Waals surface area contributed by atoms with Crippen molar-refractivity contribution in [2.75, 3.05) is 7.11 Å². The summed E-state index contributed by atoms with van der Waals surface area (Å²) in [5.74, 6) is -0.339. The Kier molecular flexibility index (Phi) is 4.30. The largest absolute Gasteiger partial charge is 0.380 e. The van der Waals surface area contributed by atoms with Gasteiger partial charge < -0.3 is 10.5 Å². The number of halogens is 2. The SMILES string of the molecule is COCc1c(F)cc(CC(C)(C)N)cc1Cl. The number of nitrogens with two attached hydrogens (primary N) is 1. The molecule has 0 unspecified atom stereocenters. The molecule has 0 saturated heterocycles. The number of hydrogen-bond acceptors (Lipinski definition) is 2. The van der Waals surface area contributed by atoms with Crippen LogP contribution in [0.1, 0.15) is 25.0 Å². The minimum atomic E-state index is -0.376. The average molecular weight is 246 g/mol. The number of methoxy groups -OCH3 is 1. The third-order valence-electron chi connectivity index (χ3n) is 2.15. The van der Waals surface area contributed by atoms with Crippen LogP contribution in [0.15, 0.2) is 12.1 Å². The van der Waals surface area contributed by atoms with Crippen LogP contribution in [0.5, 0.6) is 0 Å². The molecule has 0 aromatic heterocycles. The van der Waals surface area contributed by atoms with E-state index in [0.29, 0.717) is 17.0 Å². The van der Waals surface area contributed by atoms with Crippen molar-refractivity contribution in [2.24, 2.45) is 5.73 Å². The van der Waals surface area contributed by atoms with Crippen LogP contribution in [0, 0.1) is 5.82 Å². The van der Waals surface area contributed by atoms with E-state index < -0.39 is 0 Å². The van der Waals surface area contributed by atoms with Gasteiger partial charge in [0.15, 0.2) is 0 Å². The molecule has 1 aromatic rings. The molecule has 0 bridgehead atoms. The second-order valence-electron chi connectivity index (χ2n) is 4.64. The molecule has 0 aliphatic carbocycles. The van der Waals surface area contributed by atoms with Gasteiger partial charge in [-0.15, -0.1) is 0 Å². The van der Waals surface area contributed by atoms with Crippen molar-refractivity contribution in [3.8, 4) is 0 Å². The zero-order valence-corrected chi connectivity index (χ0v) is 10.6. The van der Waals surface area contributed by atoms with Gasteiger partial charge in [0.25, 0.3) is 0 Å². The second kappa shape index (κ2) is 5.13. The Morgan fingerprint density at radius 1 is 1.44 bits per heavy atom. The lowest BCUT2D eigenvalue weighted by molar-refractivity contribution is 0.181. The summed E-state index contributed by atoms with van der Waals surface area (Å²) in [6.07, 6.45) is 0.580. The first-order chi connectivity index (χ1) is 7.33. The molecule has 0 aliphatic heterocycles. The molecule has 0 radical (unpaired) electrons. The molecular weight excluding hydrogens is 229 g/mol. The van der Waals surface area contributed by atoms with Gasteiger partial charge in [0.2, 0.25) is 0 Å². The van der Waals surface area contributed by atoms with Crippen molar-refractivity contribution in [1.82, 2.24) is 0 Å². The summed E-state index contributed by atoms with van der Waals surface area (Å²) in [5, 5.41) is 0.390. The van der Waals surface area contributed by atoms with Gasteiger partial charge >= 0.3 is 0 Å². The van der Waals surface area contributed by atoms with E-state index in [4.69, 9.17) is 22.1 Å². The molecule has 0 amide bonds. The number of benzene rings is 1. The summed E-state index contributed by atoms with van der Waals surface area (Å²) in [6.45, 7) is 3.96. The van der Waals surface area contributed by atoms with E-state index in [1.54, 1.807) is 6.07 Å². The second-order valence-corrected chi connectivity index (χ2v) is 5.04. The van der Waals surface area contributed by atoms with Crippen molar-refractivity contribution in [2.45, 2.75) is 32.4 Å². The van der Waals surface area contributed by atoms with E-state index in [9.17, 15) is 4.39 Å². The fraction of sp³-hybridized carbons (Fsp3) is 0.500. The van der Waals surface area contributed by atoms with Gasteiger partial charge in [-0.25, -0.2) is 4.39 Å². The highest BCUT2D eigenvalue weighted by Gasteiger charge is 2.15. The van der Waals surface area contributed by atoms with E-state index >= 15 is 0 Å². The summed E-state index contributed by atoms with van der Waals surface area (Å²) >= 11 is 5.98. The van der Waals surface area contributed by atoms with Crippen LogP contribution in [0.2, 0.25) is 5.02 Å². The number of ether oxygens (including phenoxy) is 1. The van der Waals surface area contributed by atoms with Gasteiger partial charge in [0.1, 0.15) is 5.82 Å². The fourth-order valence-corrected chi connectivity index (χ4v) is 1.85. The Hall–Kier alpha value is -0.640. The summed E-state index contributed by atoms with van der Waals surface area (Å²) in [7, 11) is 1.51. The minimum Gasteiger partial charge on any atom is -0.380 e. The third kappa shape index (κ3) is 3.74. The van der Waals surface area contributed by atoms with Crippen LogP contribution in [0.4, 0.5) is 4.39 Å². The van der Waals surface area contributed by atoms with Crippen LogP contribution in [-0.2, 0) is 17.8 Å². The van der Waals surface area contributed by atoms with Crippen LogP contribution in [0.3, 0.4) is 0 Å². The summed E-state index contributed by atoms with van der Waals surface area (Å²) in [6, 6.07) is 3.21. The molecule has 0 heterocycles. The summed E-state index contributed by atoms with van der Waals surface area (Å²) < 4.78 is 18.5. The van der Waals surface area contributed by atoms with Gasteiger partial charge in [-0.2, -0.15) is 0 Å². The van der Waals surface area contributed by atoms with Crippen LogP contribution >= 0.6 is 11.6 Å². The van der Waals surface area contributed by atoms with E-state index in [1.165, 1.54) is 13.2 Å². The lowest BCUT2D eigenvalue weighted by Crippen LogP contribution is -2.34. The molecule has 90 valence electrons. The first-order valence-electron chi connectivity index (χ1n) is 5.08. The predicted molar refractivity (Wildman–Crippen MR) is 64.1 cm³/mol. The van der Waals surface area contributed by atoms with Crippen LogP contribution < -0.4 is 5.73 Å². The number of hydrogen-bond donors (Lipinski definition) is 1. The Bertz CT molecular complexity index is 351. The molecule has 0 atom stereocenters. The van der Waals surface area contributed by atoms with Crippen LogP contribution in [-0.4, -0.2) is 12.6 Å². The first kappa shape index (κ1) is 13.4. The standard InChI is InChI=1S/C12H17ClFNO/c1-12(2,15)6-8-4-10(13)9(7-16-3)11(14)5-8/h4-5H,6-7,15H2,1-3H3. The lowest BCUT2D eigenvalue weighted by atomic mass is 9.95. The maximum atomic E-state index is 13.7. The van der Waals surface area contributed by atoms with E-state index in [0.717, 1.165) is 5.56 Å². The first-order valence-corrected chi connectivity index (χ1v) is 5.46. The maximum absolute atomic E-state index is 13.7. The average Bonchev–Trinajstić information content (AvgIpc) is 2.08. The molecule has 2 nitrogen and oxygen atoms in total.